The highest BCUT2D eigenvalue weighted by Crippen LogP contribution is 1.73. The Bertz CT molecular complexity index is 44.3. The molecule has 0 saturated heterocycles. The molecule has 0 rings (SSSR count). The summed E-state index contributed by atoms with van der Waals surface area (Å²) < 4.78 is 0. The Morgan fingerprint density at radius 1 is 1.33 bits per heavy atom. The van der Waals surface area contributed by atoms with Gasteiger partial charge in [-0.1, -0.05) is 5.57 Å². The van der Waals surface area contributed by atoms with Crippen molar-refractivity contribution in [3.63, 3.8) is 0 Å². The van der Waals surface area contributed by atoms with E-state index in [2.05, 4.69) is 19.4 Å². The van der Waals surface area contributed by atoms with Crippen LogP contribution in [0.25, 0.3) is 0 Å². The second-order valence-electron chi connectivity index (χ2n) is 1.21. The fraction of sp³-hybridized carbons (Fsp3) is 0.333. The van der Waals surface area contributed by atoms with Gasteiger partial charge in [-0.2, -0.15) is 0 Å². The van der Waals surface area contributed by atoms with Gasteiger partial charge >= 0.3 is 0 Å². The minimum Gasteiger partial charge on any atom is -0.124 e. The zero-order valence-corrected chi connectivity index (χ0v) is 4.36. The summed E-state index contributed by atoms with van der Waals surface area (Å²) in [6.45, 7) is 7.50. The first kappa shape index (κ1) is 9.00. The summed E-state index contributed by atoms with van der Waals surface area (Å²) in [6, 6.07) is 0. The molecule has 0 aliphatic heterocycles. The van der Waals surface area contributed by atoms with Crippen LogP contribution in [0.1, 0.15) is 13.8 Å². The van der Waals surface area contributed by atoms with Crippen LogP contribution in [-0.2, 0) is 0 Å². The van der Waals surface area contributed by atoms with Crippen LogP contribution in [0.5, 0.6) is 0 Å². The summed E-state index contributed by atoms with van der Waals surface area (Å²) in [4.78, 5) is 0. The van der Waals surface area contributed by atoms with E-state index >= 15 is 0 Å². The summed E-state index contributed by atoms with van der Waals surface area (Å²) in [5.74, 6) is 0. The van der Waals surface area contributed by atoms with E-state index in [0.717, 1.165) is 0 Å². The molecule has 0 heterocycles. The molecule has 6 heavy (non-hydrogen) atoms. The normalized spacial score (nSPS) is 4.67. The number of rotatable bonds is 0. The van der Waals surface area contributed by atoms with Crippen molar-refractivity contribution in [3.8, 4) is 12.8 Å². The van der Waals surface area contributed by atoms with E-state index in [4.69, 9.17) is 0 Å². The van der Waals surface area contributed by atoms with Gasteiger partial charge in [-0.3, -0.25) is 0 Å². The molecule has 0 aromatic rings. The van der Waals surface area contributed by atoms with Crippen LogP contribution >= 0.6 is 0 Å². The Balaban J connectivity index is 0. The van der Waals surface area contributed by atoms with Gasteiger partial charge in [0.15, 0.2) is 0 Å². The molecule has 0 fully saturated rings. The topological polar surface area (TPSA) is 0 Å². The molecule has 0 aliphatic rings. The van der Waals surface area contributed by atoms with Crippen molar-refractivity contribution in [1.82, 2.24) is 0 Å². The maximum atomic E-state index is 4.00. The lowest BCUT2D eigenvalue weighted by atomic mass is 10.4. The summed E-state index contributed by atoms with van der Waals surface area (Å²) >= 11 is 0. The summed E-state index contributed by atoms with van der Waals surface area (Å²) in [6.07, 6.45) is 8.00. The largest absolute Gasteiger partial charge is 0.124 e. The average molecular weight is 82.1 g/mol. The first-order valence-corrected chi connectivity index (χ1v) is 1.69. The Morgan fingerprint density at radius 3 is 1.33 bits per heavy atom. The smallest absolute Gasteiger partial charge is 0.0445 e. The van der Waals surface area contributed by atoms with Crippen LogP contribution in [-0.4, -0.2) is 0 Å². The van der Waals surface area contributed by atoms with Gasteiger partial charge in [0, 0.05) is 0 Å². The van der Waals surface area contributed by atoms with Gasteiger partial charge in [0.2, 0.25) is 0 Å². The highest BCUT2D eigenvalue weighted by atomic mass is 13.6. The lowest BCUT2D eigenvalue weighted by Crippen LogP contribution is -1.43. The van der Waals surface area contributed by atoms with Crippen molar-refractivity contribution in [3.05, 3.63) is 12.2 Å². The minimum atomic E-state index is 1.17. The van der Waals surface area contributed by atoms with Crippen molar-refractivity contribution in [2.75, 3.05) is 0 Å². The molecule has 0 radical (unpaired) electrons. The van der Waals surface area contributed by atoms with E-state index in [1.807, 2.05) is 13.8 Å². The van der Waals surface area contributed by atoms with Gasteiger partial charge < -0.3 is 0 Å². The first-order valence-electron chi connectivity index (χ1n) is 1.69. The fourth-order valence-corrected chi connectivity index (χ4v) is 0. The van der Waals surface area contributed by atoms with Crippen LogP contribution in [0.15, 0.2) is 12.2 Å². The van der Waals surface area contributed by atoms with Crippen LogP contribution < -0.4 is 0 Å². The zero-order chi connectivity index (χ0) is 5.58. The predicted octanol–water partition coefficient (Wildman–Crippen LogP) is 1.83. The van der Waals surface area contributed by atoms with Crippen molar-refractivity contribution < 1.29 is 0 Å². The number of hydrogen-bond donors (Lipinski definition) is 0. The van der Waals surface area contributed by atoms with Crippen LogP contribution in [0.2, 0.25) is 0 Å². The Kier molecular flexibility index (Phi) is 13.3. The van der Waals surface area contributed by atoms with Gasteiger partial charge in [0.1, 0.15) is 0 Å². The molecule has 0 aromatic heterocycles. The fourth-order valence-electron chi connectivity index (χ4n) is 0. The monoisotopic (exact) mass is 82.1 g/mol. The highest BCUT2D eigenvalue weighted by Gasteiger charge is 1.51. The molecule has 0 atom stereocenters. The van der Waals surface area contributed by atoms with E-state index in [1.54, 1.807) is 0 Å². The molecule has 0 saturated carbocycles. The molecule has 0 bridgehead atoms. The van der Waals surface area contributed by atoms with Gasteiger partial charge in [0.25, 0.3) is 0 Å². The zero-order valence-electron chi connectivity index (χ0n) is 4.36. The summed E-state index contributed by atoms with van der Waals surface area (Å²) in [5, 5.41) is 0. The molecule has 0 amide bonds. The molecule has 34 valence electrons. The average Bonchev–Trinajstić information content (AvgIpc) is 1.41. The third kappa shape index (κ3) is 35.6. The molecule has 0 unspecified atom stereocenters. The second kappa shape index (κ2) is 8.85. The highest BCUT2D eigenvalue weighted by molar-refractivity contribution is 4.78. The van der Waals surface area contributed by atoms with E-state index in [1.165, 1.54) is 5.57 Å². The number of terminal acetylenes is 1. The second-order valence-corrected chi connectivity index (χ2v) is 1.21. The standard InChI is InChI=1S/C4H8.C2H2/c1-4(2)3;1-2/h1H2,2-3H3;1-2H. The van der Waals surface area contributed by atoms with E-state index in [0.29, 0.717) is 0 Å². The van der Waals surface area contributed by atoms with Gasteiger partial charge in [-0.25, -0.2) is 0 Å². The van der Waals surface area contributed by atoms with Crippen LogP contribution in [0.4, 0.5) is 0 Å². The molecule has 0 aliphatic carbocycles. The van der Waals surface area contributed by atoms with Gasteiger partial charge in [0.05, 0.1) is 0 Å². The Hall–Kier alpha value is -0.700. The minimum absolute atomic E-state index is 1.17. The van der Waals surface area contributed by atoms with Crippen LogP contribution in [0, 0.1) is 12.8 Å². The molecule has 0 spiro atoms. The maximum Gasteiger partial charge on any atom is -0.0445 e. The lowest BCUT2D eigenvalue weighted by molar-refractivity contribution is 1.42. The van der Waals surface area contributed by atoms with E-state index in [-0.39, 0.29) is 0 Å². The van der Waals surface area contributed by atoms with Crippen LogP contribution in [0.3, 0.4) is 0 Å². The van der Waals surface area contributed by atoms with Crippen molar-refractivity contribution >= 4 is 0 Å². The molecule has 0 heteroatoms. The third-order valence-corrected chi connectivity index (χ3v) is 0. The van der Waals surface area contributed by atoms with Gasteiger partial charge in [-0.15, -0.1) is 19.4 Å². The maximum absolute atomic E-state index is 4.00. The van der Waals surface area contributed by atoms with E-state index in [9.17, 15) is 0 Å². The lowest BCUT2D eigenvalue weighted by Gasteiger charge is -1.65. The number of hydrogen-bond acceptors (Lipinski definition) is 0. The molecule has 0 nitrogen and oxygen atoms in total. The number of allylic oxidation sites excluding steroid dienone is 1. The third-order valence-electron chi connectivity index (χ3n) is 0. The predicted molar refractivity (Wildman–Crippen MR) is 30.4 cm³/mol. The van der Waals surface area contributed by atoms with Gasteiger partial charge in [-0.05, 0) is 13.8 Å². The Labute approximate surface area is 39.9 Å². The molecule has 0 N–H and O–H groups in total. The molecule has 0 aromatic carbocycles. The van der Waals surface area contributed by atoms with Crippen molar-refractivity contribution in [2.24, 2.45) is 0 Å². The van der Waals surface area contributed by atoms with Crippen molar-refractivity contribution in [1.29, 1.82) is 0 Å². The summed E-state index contributed by atoms with van der Waals surface area (Å²) in [7, 11) is 0. The molecular formula is C6H10. The Morgan fingerprint density at radius 2 is 1.33 bits per heavy atom. The van der Waals surface area contributed by atoms with Crippen molar-refractivity contribution in [2.45, 2.75) is 13.8 Å². The quantitative estimate of drug-likeness (QED) is 0.309. The molecular weight excluding hydrogens is 72.1 g/mol. The van der Waals surface area contributed by atoms with E-state index < -0.39 is 0 Å². The first-order chi connectivity index (χ1) is 2.73. The summed E-state index contributed by atoms with van der Waals surface area (Å²) in [5.41, 5.74) is 1.17. The SMILES string of the molecule is C#C.C=C(C)C.